The summed E-state index contributed by atoms with van der Waals surface area (Å²) in [4.78, 5) is 16.1. The zero-order valence-electron chi connectivity index (χ0n) is 17.5. The van der Waals surface area contributed by atoms with Crippen molar-refractivity contribution in [3.63, 3.8) is 0 Å². The number of hydrogen-bond donors (Lipinski definition) is 1. The molecule has 4 aromatic rings. The molecule has 0 atom stereocenters. The number of carboxylic acids is 1. The largest absolute Gasteiger partial charge is 0.480 e. The molecule has 0 saturated heterocycles. The Kier molecular flexibility index (Phi) is 7.15. The van der Waals surface area contributed by atoms with E-state index in [4.69, 9.17) is 27.9 Å². The molecule has 35 heavy (non-hydrogen) atoms. The summed E-state index contributed by atoms with van der Waals surface area (Å²) in [6, 6.07) is 15.8. The molecule has 0 saturated carbocycles. The lowest BCUT2D eigenvalue weighted by Gasteiger charge is -2.10. The van der Waals surface area contributed by atoms with Crippen LogP contribution in [0.25, 0.3) is 10.6 Å². The Morgan fingerprint density at radius 3 is 2.43 bits per heavy atom. The summed E-state index contributed by atoms with van der Waals surface area (Å²) in [5.41, 5.74) is 0.193. The first-order valence-electron chi connectivity index (χ1n) is 9.83. The van der Waals surface area contributed by atoms with Gasteiger partial charge in [0.1, 0.15) is 23.1 Å². The molecule has 0 radical (unpaired) electrons. The second-order valence-corrected chi connectivity index (χ2v) is 8.88. The fraction of sp³-hybridized carbons (Fsp3) is 0.0870. The van der Waals surface area contributed by atoms with Crippen LogP contribution in [0.4, 0.5) is 18.9 Å². The van der Waals surface area contributed by atoms with Crippen molar-refractivity contribution >= 4 is 46.2 Å². The Hall–Kier alpha value is -3.34. The fourth-order valence-electron chi connectivity index (χ4n) is 2.97. The Labute approximate surface area is 210 Å². The van der Waals surface area contributed by atoms with Gasteiger partial charge in [0, 0.05) is 5.56 Å². The minimum atomic E-state index is -4.49. The van der Waals surface area contributed by atoms with Crippen molar-refractivity contribution in [2.24, 2.45) is 4.99 Å². The molecular weight excluding hydrogens is 526 g/mol. The minimum Gasteiger partial charge on any atom is -0.480 e. The van der Waals surface area contributed by atoms with Gasteiger partial charge < -0.3 is 9.84 Å². The molecule has 0 fully saturated rings. The highest BCUT2D eigenvalue weighted by molar-refractivity contribution is 7.12. The topological polar surface area (TPSA) is 76.7 Å². The second-order valence-electron chi connectivity index (χ2n) is 7.11. The van der Waals surface area contributed by atoms with Gasteiger partial charge in [-0.15, -0.1) is 0 Å². The number of alkyl halides is 3. The van der Waals surface area contributed by atoms with Gasteiger partial charge in [0.15, 0.2) is 0 Å². The summed E-state index contributed by atoms with van der Waals surface area (Å²) in [5, 5.41) is 14.7. The molecule has 0 bridgehead atoms. The molecule has 180 valence electrons. The van der Waals surface area contributed by atoms with Gasteiger partial charge >= 0.3 is 12.1 Å². The van der Waals surface area contributed by atoms with Crippen LogP contribution >= 0.6 is 34.5 Å². The Bertz CT molecular complexity index is 1470. The van der Waals surface area contributed by atoms with E-state index in [0.717, 1.165) is 23.5 Å². The number of carbonyl (C=O) groups is 1. The lowest BCUT2D eigenvalue weighted by Crippen LogP contribution is -2.21. The van der Waals surface area contributed by atoms with Crippen molar-refractivity contribution in [3.05, 3.63) is 87.1 Å². The number of halogens is 5. The first-order chi connectivity index (χ1) is 16.6. The van der Waals surface area contributed by atoms with E-state index in [-0.39, 0.29) is 11.5 Å². The van der Waals surface area contributed by atoms with Crippen LogP contribution in [0.2, 0.25) is 10.0 Å². The summed E-state index contributed by atoms with van der Waals surface area (Å²) in [5.74, 6) is -0.809. The first kappa shape index (κ1) is 24.8. The number of aromatic nitrogens is 2. The number of benzene rings is 3. The zero-order chi connectivity index (χ0) is 25.2. The number of rotatable bonds is 6. The van der Waals surface area contributed by atoms with Crippen LogP contribution in [0.15, 0.2) is 71.7 Å². The monoisotopic (exact) mass is 539 g/mol. The first-order valence-corrected chi connectivity index (χ1v) is 11.4. The summed E-state index contributed by atoms with van der Waals surface area (Å²) < 4.78 is 45.8. The van der Waals surface area contributed by atoms with Crippen molar-refractivity contribution in [3.8, 4) is 22.1 Å². The van der Waals surface area contributed by atoms with E-state index < -0.39 is 24.3 Å². The van der Waals surface area contributed by atoms with E-state index in [1.807, 2.05) is 0 Å². The van der Waals surface area contributed by atoms with Crippen LogP contribution in [0.5, 0.6) is 11.5 Å². The lowest BCUT2D eigenvalue weighted by molar-refractivity contribution is -0.138. The molecule has 1 N–H and O–H groups in total. The van der Waals surface area contributed by atoms with Crippen LogP contribution in [0.3, 0.4) is 0 Å². The molecule has 6 nitrogen and oxygen atoms in total. The van der Waals surface area contributed by atoms with Crippen LogP contribution in [-0.2, 0) is 17.5 Å². The number of aliphatic carboxylic acids is 1. The van der Waals surface area contributed by atoms with Gasteiger partial charge in [-0.3, -0.25) is 4.79 Å². The molecule has 0 unspecified atom stereocenters. The van der Waals surface area contributed by atoms with Crippen LogP contribution < -0.4 is 9.54 Å². The molecule has 1 aromatic heterocycles. The molecule has 0 aliphatic heterocycles. The predicted octanol–water partition coefficient (Wildman–Crippen LogP) is 7.05. The Morgan fingerprint density at radius 2 is 1.74 bits per heavy atom. The van der Waals surface area contributed by atoms with Crippen molar-refractivity contribution in [2.75, 3.05) is 0 Å². The average molecular weight is 540 g/mol. The standard InChI is InChI=1S/C23H14Cl2F3N3O3S/c24-18-8-7-15(11-19(18)25)29-22-31(12-20(32)33)30-21(35-22)13-3-1-5-16(9-13)34-17-6-2-4-14(10-17)23(26,27)28/h1-11H,12H2,(H,32,33). The van der Waals surface area contributed by atoms with E-state index in [1.165, 1.54) is 22.9 Å². The maximum Gasteiger partial charge on any atom is 0.416 e. The van der Waals surface area contributed by atoms with E-state index in [0.29, 0.717) is 31.1 Å². The summed E-state index contributed by atoms with van der Waals surface area (Å²) in [6.07, 6.45) is -4.49. The predicted molar refractivity (Wildman–Crippen MR) is 126 cm³/mol. The summed E-state index contributed by atoms with van der Waals surface area (Å²) >= 11 is 13.1. The highest BCUT2D eigenvalue weighted by atomic mass is 35.5. The smallest absolute Gasteiger partial charge is 0.416 e. The van der Waals surface area contributed by atoms with Crippen molar-refractivity contribution in [1.82, 2.24) is 9.78 Å². The van der Waals surface area contributed by atoms with Gasteiger partial charge in [-0.05, 0) is 48.5 Å². The van der Waals surface area contributed by atoms with E-state index in [9.17, 15) is 23.1 Å². The van der Waals surface area contributed by atoms with Crippen molar-refractivity contribution < 1.29 is 27.8 Å². The van der Waals surface area contributed by atoms with Crippen LogP contribution in [-0.4, -0.2) is 20.9 Å². The molecule has 1 heterocycles. The molecule has 0 aliphatic carbocycles. The highest BCUT2D eigenvalue weighted by Crippen LogP contribution is 2.34. The van der Waals surface area contributed by atoms with Gasteiger partial charge in [0.25, 0.3) is 0 Å². The number of nitrogens with zero attached hydrogens (tertiary/aromatic N) is 3. The van der Waals surface area contributed by atoms with E-state index in [2.05, 4.69) is 10.1 Å². The Morgan fingerprint density at radius 1 is 1.03 bits per heavy atom. The molecule has 12 heteroatoms. The minimum absolute atomic E-state index is 0.0207. The third kappa shape index (κ3) is 6.21. The normalized spacial score (nSPS) is 12.1. The summed E-state index contributed by atoms with van der Waals surface area (Å²) in [6.45, 7) is -0.433. The third-order valence-electron chi connectivity index (χ3n) is 4.51. The maximum atomic E-state index is 13.0. The van der Waals surface area contributed by atoms with Crippen molar-refractivity contribution in [1.29, 1.82) is 0 Å². The number of ether oxygens (including phenoxy) is 1. The molecule has 3 aromatic carbocycles. The Balaban J connectivity index is 1.69. The van der Waals surface area contributed by atoms with Crippen LogP contribution in [0, 0.1) is 0 Å². The molecule has 0 aliphatic rings. The zero-order valence-corrected chi connectivity index (χ0v) is 19.8. The molecule has 4 rings (SSSR count). The third-order valence-corrected chi connectivity index (χ3v) is 6.25. The van der Waals surface area contributed by atoms with Gasteiger partial charge in [-0.25, -0.2) is 9.67 Å². The number of carboxylic acid groups (broad SMARTS) is 1. The molecule has 0 amide bonds. The average Bonchev–Trinajstić information content (AvgIpc) is 3.18. The van der Waals surface area contributed by atoms with Crippen LogP contribution in [0.1, 0.15) is 5.56 Å². The second kappa shape index (κ2) is 10.1. The maximum absolute atomic E-state index is 13.0. The van der Waals surface area contributed by atoms with Gasteiger partial charge in [0.2, 0.25) is 4.80 Å². The van der Waals surface area contributed by atoms with Gasteiger partial charge in [0.05, 0.1) is 21.3 Å². The number of hydrogen-bond acceptors (Lipinski definition) is 5. The van der Waals surface area contributed by atoms with E-state index >= 15 is 0 Å². The summed E-state index contributed by atoms with van der Waals surface area (Å²) in [7, 11) is 0. The fourth-order valence-corrected chi connectivity index (χ4v) is 4.18. The lowest BCUT2D eigenvalue weighted by atomic mass is 10.2. The van der Waals surface area contributed by atoms with E-state index in [1.54, 1.807) is 36.4 Å². The molecular formula is C23H14Cl2F3N3O3S. The SMILES string of the molecule is O=C(O)Cn1nc(-c2cccc(Oc3cccc(C(F)(F)F)c3)c2)sc1=Nc1ccc(Cl)c(Cl)c1. The quantitative estimate of drug-likeness (QED) is 0.285. The molecule has 0 spiro atoms. The van der Waals surface area contributed by atoms with Crippen molar-refractivity contribution in [2.45, 2.75) is 12.7 Å². The van der Waals surface area contributed by atoms with Gasteiger partial charge in [-0.2, -0.15) is 18.3 Å². The highest BCUT2D eigenvalue weighted by Gasteiger charge is 2.30. The van der Waals surface area contributed by atoms with Gasteiger partial charge in [-0.1, -0.05) is 52.7 Å².